The molecule has 6 rings (SSSR count). The van der Waals surface area contributed by atoms with Gasteiger partial charge in [0.05, 0.1) is 17.9 Å². The van der Waals surface area contributed by atoms with Crippen LogP contribution < -0.4 is 4.90 Å². The van der Waals surface area contributed by atoms with Crippen LogP contribution in [0.4, 0.5) is 18.9 Å². The van der Waals surface area contributed by atoms with E-state index in [0.29, 0.717) is 18.4 Å². The number of hydrogen-bond donors (Lipinski definition) is 1. The number of nitrogens with zero attached hydrogens (tertiary/aromatic N) is 4. The van der Waals surface area contributed by atoms with Gasteiger partial charge in [0, 0.05) is 35.5 Å². The highest BCUT2D eigenvalue weighted by Crippen LogP contribution is 2.49. The number of aromatic nitrogens is 2. The topological polar surface area (TPSA) is 116 Å². The Morgan fingerprint density at radius 2 is 1.77 bits per heavy atom. The predicted octanol–water partition coefficient (Wildman–Crippen LogP) is 6.15. The predicted molar refractivity (Wildman–Crippen MR) is 132 cm³/mol. The number of fused-ring (bicyclic) bond motifs is 3. The van der Waals surface area contributed by atoms with E-state index in [0.717, 1.165) is 11.3 Å². The van der Waals surface area contributed by atoms with E-state index < -0.39 is 29.4 Å². The molecule has 11 heteroatoms. The second-order valence-corrected chi connectivity index (χ2v) is 9.87. The van der Waals surface area contributed by atoms with Gasteiger partial charge in [-0.05, 0) is 37.0 Å². The van der Waals surface area contributed by atoms with E-state index in [4.69, 9.17) is 9.05 Å². The smallest absolute Gasteiger partial charge is 0.422 e. The molecule has 1 atom stereocenters. The van der Waals surface area contributed by atoms with Crippen molar-refractivity contribution in [2.45, 2.75) is 37.4 Å². The van der Waals surface area contributed by atoms with Gasteiger partial charge in [-0.2, -0.15) is 18.4 Å². The van der Waals surface area contributed by atoms with Crippen molar-refractivity contribution in [2.24, 2.45) is 5.92 Å². The Labute approximate surface area is 220 Å². The zero-order valence-electron chi connectivity index (χ0n) is 20.6. The Morgan fingerprint density at radius 1 is 1.08 bits per heavy atom. The van der Waals surface area contributed by atoms with Crippen LogP contribution in [0.2, 0.25) is 0 Å². The molecule has 2 heterocycles. The van der Waals surface area contributed by atoms with Gasteiger partial charge in [-0.3, -0.25) is 4.79 Å². The number of carboxylic acids is 1. The van der Waals surface area contributed by atoms with Gasteiger partial charge in [-0.1, -0.05) is 46.7 Å². The lowest BCUT2D eigenvalue weighted by Gasteiger charge is -2.40. The summed E-state index contributed by atoms with van der Waals surface area (Å²) >= 11 is 0. The number of carbonyl (C=O) groups is 1. The minimum Gasteiger partial charge on any atom is -0.481 e. The summed E-state index contributed by atoms with van der Waals surface area (Å²) in [5.74, 6) is -2.87. The zero-order chi connectivity index (χ0) is 27.5. The average molecular weight is 534 g/mol. The molecule has 4 aromatic rings. The van der Waals surface area contributed by atoms with Crippen molar-refractivity contribution in [1.82, 2.24) is 10.3 Å². The molecule has 2 aromatic carbocycles. The minimum absolute atomic E-state index is 0.0831. The Morgan fingerprint density at radius 3 is 2.44 bits per heavy atom. The molecule has 2 aromatic heterocycles. The second kappa shape index (κ2) is 9.01. The van der Waals surface area contributed by atoms with Crippen molar-refractivity contribution >= 4 is 11.7 Å². The first kappa shape index (κ1) is 24.7. The van der Waals surface area contributed by atoms with Gasteiger partial charge in [0.1, 0.15) is 17.0 Å². The fraction of sp³-hybridized carbons (Fsp3) is 0.286. The normalized spacial score (nSPS) is 19.9. The third-order valence-electron chi connectivity index (χ3n) is 7.65. The van der Waals surface area contributed by atoms with Crippen LogP contribution in [-0.4, -0.2) is 34.5 Å². The van der Waals surface area contributed by atoms with Crippen molar-refractivity contribution in [2.75, 3.05) is 11.9 Å². The Balaban J connectivity index is 1.40. The lowest BCUT2D eigenvalue weighted by atomic mass is 9.78. The van der Waals surface area contributed by atoms with Crippen LogP contribution in [0.1, 0.15) is 35.4 Å². The summed E-state index contributed by atoms with van der Waals surface area (Å²) in [4.78, 5) is 13.2. The third-order valence-corrected chi connectivity index (χ3v) is 7.65. The van der Waals surface area contributed by atoms with E-state index >= 15 is 0 Å². The molecule has 1 fully saturated rings. The number of carboxylic acid groups (broad SMARTS) is 1. The van der Waals surface area contributed by atoms with Gasteiger partial charge >= 0.3 is 12.1 Å². The van der Waals surface area contributed by atoms with Gasteiger partial charge in [-0.15, -0.1) is 0 Å². The fourth-order valence-corrected chi connectivity index (χ4v) is 5.43. The Kier molecular flexibility index (Phi) is 5.71. The molecular weight excluding hydrogens is 513 g/mol. The maximum absolute atomic E-state index is 14.3. The first-order chi connectivity index (χ1) is 18.7. The number of nitriles is 1. The minimum atomic E-state index is -4.81. The van der Waals surface area contributed by atoms with Gasteiger partial charge < -0.3 is 19.1 Å². The van der Waals surface area contributed by atoms with E-state index in [9.17, 15) is 28.3 Å². The van der Waals surface area contributed by atoms with Gasteiger partial charge in [0.15, 0.2) is 0 Å². The van der Waals surface area contributed by atoms with E-state index in [-0.39, 0.29) is 46.7 Å². The van der Waals surface area contributed by atoms with Crippen LogP contribution in [0, 0.1) is 17.2 Å². The molecular formula is C28H21F3N4O4. The summed E-state index contributed by atoms with van der Waals surface area (Å²) in [6, 6.07) is 15.7. The van der Waals surface area contributed by atoms with Crippen molar-refractivity contribution < 1.29 is 32.1 Å². The number of aliphatic carboxylic acids is 1. The van der Waals surface area contributed by atoms with Gasteiger partial charge in [-0.25, -0.2) is 0 Å². The van der Waals surface area contributed by atoms with Crippen LogP contribution in [0.25, 0.3) is 34.0 Å². The fourth-order valence-electron chi connectivity index (χ4n) is 5.43. The quantitative estimate of drug-likeness (QED) is 0.324. The van der Waals surface area contributed by atoms with Gasteiger partial charge in [0.25, 0.3) is 0 Å². The number of rotatable bonds is 5. The van der Waals surface area contributed by atoms with E-state index in [1.54, 1.807) is 24.3 Å². The van der Waals surface area contributed by atoms with Gasteiger partial charge in [0.2, 0.25) is 11.5 Å². The summed E-state index contributed by atoms with van der Waals surface area (Å²) < 4.78 is 53.6. The lowest BCUT2D eigenvalue weighted by Crippen LogP contribution is -2.45. The standard InChI is InChI=1S/C28H21F3N4O4/c1-35(19-11-16(12-19)27(36)37)18-7-8-20-15(10-18)9-17(13-32)21-24(20)34-38-25(21)26-22(28(29,30)31)23(33-39-26)14-5-3-2-4-6-14/h2-8,10,16-17,19H,9,11-12H2,1H3,(H,36,37)/t16-,17?,19-. The summed E-state index contributed by atoms with van der Waals surface area (Å²) in [7, 11) is 1.89. The maximum Gasteiger partial charge on any atom is 0.422 e. The largest absolute Gasteiger partial charge is 0.481 e. The van der Waals surface area contributed by atoms with Crippen molar-refractivity contribution in [3.8, 4) is 40.1 Å². The molecule has 0 amide bonds. The summed E-state index contributed by atoms with van der Waals surface area (Å²) in [5, 5.41) is 27.0. The molecule has 1 saturated carbocycles. The summed E-state index contributed by atoms with van der Waals surface area (Å²) in [5.41, 5.74) is 1.58. The van der Waals surface area contributed by atoms with Crippen LogP contribution in [0.15, 0.2) is 57.6 Å². The Bertz CT molecular complexity index is 1610. The molecule has 8 nitrogen and oxygen atoms in total. The SMILES string of the molecule is CN(c1ccc2c(c1)CC(C#N)c1c-2noc1-c1onc(-c2ccccc2)c1C(F)(F)F)[C@H]1C[C@H](C(=O)O)C1. The molecule has 0 bridgehead atoms. The molecule has 2 aliphatic rings. The molecule has 1 N–H and O–H groups in total. The highest BCUT2D eigenvalue weighted by molar-refractivity contribution is 5.81. The Hall–Kier alpha value is -4.59. The van der Waals surface area contributed by atoms with E-state index in [1.807, 2.05) is 24.1 Å². The highest BCUT2D eigenvalue weighted by Gasteiger charge is 2.45. The van der Waals surface area contributed by atoms with Crippen LogP contribution in [0.5, 0.6) is 0 Å². The molecule has 0 radical (unpaired) electrons. The molecule has 39 heavy (non-hydrogen) atoms. The molecule has 0 spiro atoms. The monoisotopic (exact) mass is 534 g/mol. The number of anilines is 1. The molecule has 1 unspecified atom stereocenters. The lowest BCUT2D eigenvalue weighted by molar-refractivity contribution is -0.145. The first-order valence-electron chi connectivity index (χ1n) is 12.3. The second-order valence-electron chi connectivity index (χ2n) is 9.87. The first-order valence-corrected chi connectivity index (χ1v) is 12.3. The average Bonchev–Trinajstić information content (AvgIpc) is 3.52. The van der Waals surface area contributed by atoms with E-state index in [2.05, 4.69) is 16.4 Å². The van der Waals surface area contributed by atoms with Crippen LogP contribution in [-0.2, 0) is 17.4 Å². The maximum atomic E-state index is 14.3. The third kappa shape index (κ3) is 4.03. The number of alkyl halides is 3. The van der Waals surface area contributed by atoms with Crippen molar-refractivity contribution in [3.63, 3.8) is 0 Å². The molecule has 0 aliphatic heterocycles. The molecule has 2 aliphatic carbocycles. The molecule has 0 saturated heterocycles. The highest BCUT2D eigenvalue weighted by atomic mass is 19.4. The zero-order valence-corrected chi connectivity index (χ0v) is 20.6. The number of halogens is 3. The van der Waals surface area contributed by atoms with E-state index in [1.165, 1.54) is 12.1 Å². The summed E-state index contributed by atoms with van der Waals surface area (Å²) in [6.45, 7) is 0. The van der Waals surface area contributed by atoms with Crippen LogP contribution >= 0.6 is 0 Å². The number of benzene rings is 2. The summed E-state index contributed by atoms with van der Waals surface area (Å²) in [6.07, 6.45) is -3.48. The van der Waals surface area contributed by atoms with Crippen molar-refractivity contribution in [3.05, 3.63) is 65.2 Å². The molecule has 198 valence electrons. The van der Waals surface area contributed by atoms with Crippen LogP contribution in [0.3, 0.4) is 0 Å². The van der Waals surface area contributed by atoms with Crippen molar-refractivity contribution in [1.29, 1.82) is 5.26 Å². The number of hydrogen-bond acceptors (Lipinski definition) is 7.